The third kappa shape index (κ3) is 2.20. The normalized spacial score (nSPS) is 34.7. The molecule has 2 aliphatic carbocycles. The van der Waals surface area contributed by atoms with E-state index in [4.69, 9.17) is 5.73 Å². The Morgan fingerprint density at radius 2 is 1.64 bits per heavy atom. The van der Waals surface area contributed by atoms with Crippen LogP contribution in [0.3, 0.4) is 0 Å². The van der Waals surface area contributed by atoms with Gasteiger partial charge in [0.25, 0.3) is 0 Å². The molecular formula is C13H23N. The van der Waals surface area contributed by atoms with Gasteiger partial charge in [-0.25, -0.2) is 0 Å². The second-order valence-corrected chi connectivity index (χ2v) is 5.12. The Balaban J connectivity index is 2.00. The maximum absolute atomic E-state index is 5.95. The molecule has 1 fully saturated rings. The molecule has 0 aromatic rings. The zero-order valence-corrected chi connectivity index (χ0v) is 9.39. The summed E-state index contributed by atoms with van der Waals surface area (Å²) in [6, 6.07) is 0.496. The van der Waals surface area contributed by atoms with Crippen LogP contribution in [0.5, 0.6) is 0 Å². The Morgan fingerprint density at radius 1 is 1.00 bits per heavy atom. The second kappa shape index (κ2) is 4.48. The number of nitrogens with two attached hydrogens (primary N) is 1. The summed E-state index contributed by atoms with van der Waals surface area (Å²) in [6.45, 7) is 2.35. The summed E-state index contributed by atoms with van der Waals surface area (Å²) in [6.07, 6.45) is 10.8. The minimum absolute atomic E-state index is 0.496. The highest BCUT2D eigenvalue weighted by Crippen LogP contribution is 2.37. The van der Waals surface area contributed by atoms with E-state index in [0.29, 0.717) is 6.04 Å². The summed E-state index contributed by atoms with van der Waals surface area (Å²) in [5.74, 6) is 0.898. The van der Waals surface area contributed by atoms with Crippen molar-refractivity contribution in [1.29, 1.82) is 0 Å². The van der Waals surface area contributed by atoms with Crippen LogP contribution in [0.15, 0.2) is 11.1 Å². The molecule has 14 heavy (non-hydrogen) atoms. The first kappa shape index (κ1) is 10.2. The third-order valence-corrected chi connectivity index (χ3v) is 4.06. The summed E-state index contributed by atoms with van der Waals surface area (Å²) in [4.78, 5) is 0. The first-order chi connectivity index (χ1) is 6.77. The van der Waals surface area contributed by atoms with Gasteiger partial charge in [0.05, 0.1) is 0 Å². The fourth-order valence-electron chi connectivity index (χ4n) is 3.10. The van der Waals surface area contributed by atoms with Gasteiger partial charge in [0.15, 0.2) is 0 Å². The maximum atomic E-state index is 5.95. The lowest BCUT2D eigenvalue weighted by atomic mass is 9.76. The highest BCUT2D eigenvalue weighted by atomic mass is 14.6. The Morgan fingerprint density at radius 3 is 2.29 bits per heavy atom. The first-order valence-electron chi connectivity index (χ1n) is 6.21. The largest absolute Gasteiger partial charge is 0.328 e. The average Bonchev–Trinajstić information content (AvgIpc) is 2.20. The van der Waals surface area contributed by atoms with Gasteiger partial charge in [-0.1, -0.05) is 11.1 Å². The monoisotopic (exact) mass is 193 g/mol. The van der Waals surface area contributed by atoms with Crippen molar-refractivity contribution in [2.24, 2.45) is 11.7 Å². The van der Waals surface area contributed by atoms with Crippen LogP contribution in [0.4, 0.5) is 0 Å². The Kier molecular flexibility index (Phi) is 3.27. The molecule has 0 spiro atoms. The SMILES string of the molecule is CC1=C(C2CCC(N)CC2)CCCC1. The standard InChI is InChI=1S/C13H23N/c1-10-4-2-3-5-13(10)11-6-8-12(14)9-7-11/h11-12H,2-9,14H2,1H3. The van der Waals surface area contributed by atoms with E-state index in [9.17, 15) is 0 Å². The molecule has 0 heterocycles. The lowest BCUT2D eigenvalue weighted by molar-refractivity contribution is 0.349. The molecule has 80 valence electrons. The Hall–Kier alpha value is -0.300. The van der Waals surface area contributed by atoms with Crippen LogP contribution in [-0.2, 0) is 0 Å². The fourth-order valence-corrected chi connectivity index (χ4v) is 3.10. The van der Waals surface area contributed by atoms with Gasteiger partial charge in [-0.2, -0.15) is 0 Å². The zero-order chi connectivity index (χ0) is 9.97. The van der Waals surface area contributed by atoms with E-state index in [0.717, 1.165) is 5.92 Å². The van der Waals surface area contributed by atoms with Crippen molar-refractivity contribution in [3.05, 3.63) is 11.1 Å². The minimum atomic E-state index is 0.496. The highest BCUT2D eigenvalue weighted by Gasteiger charge is 2.23. The Labute approximate surface area is 87.8 Å². The maximum Gasteiger partial charge on any atom is 0.00392 e. The molecule has 2 aliphatic rings. The molecule has 2 rings (SSSR count). The summed E-state index contributed by atoms with van der Waals surface area (Å²) in [7, 11) is 0. The zero-order valence-electron chi connectivity index (χ0n) is 9.39. The smallest absolute Gasteiger partial charge is 0.00392 e. The number of hydrogen-bond donors (Lipinski definition) is 1. The van der Waals surface area contributed by atoms with Gasteiger partial charge in [0.1, 0.15) is 0 Å². The first-order valence-corrected chi connectivity index (χ1v) is 6.21. The van der Waals surface area contributed by atoms with Crippen LogP contribution >= 0.6 is 0 Å². The van der Waals surface area contributed by atoms with Gasteiger partial charge in [0, 0.05) is 6.04 Å². The van der Waals surface area contributed by atoms with Crippen molar-refractivity contribution < 1.29 is 0 Å². The topological polar surface area (TPSA) is 26.0 Å². The molecule has 0 aliphatic heterocycles. The van der Waals surface area contributed by atoms with Crippen molar-refractivity contribution in [3.8, 4) is 0 Å². The van der Waals surface area contributed by atoms with Gasteiger partial charge in [0.2, 0.25) is 0 Å². The van der Waals surface area contributed by atoms with Crippen LogP contribution in [0.1, 0.15) is 58.3 Å². The molecule has 0 radical (unpaired) electrons. The summed E-state index contributed by atoms with van der Waals surface area (Å²) in [5, 5.41) is 0. The van der Waals surface area contributed by atoms with E-state index < -0.39 is 0 Å². The van der Waals surface area contributed by atoms with Crippen molar-refractivity contribution in [1.82, 2.24) is 0 Å². The molecule has 0 bridgehead atoms. The number of allylic oxidation sites excluding steroid dienone is 2. The lowest BCUT2D eigenvalue weighted by Crippen LogP contribution is -2.27. The summed E-state index contributed by atoms with van der Waals surface area (Å²) >= 11 is 0. The highest BCUT2D eigenvalue weighted by molar-refractivity contribution is 5.18. The van der Waals surface area contributed by atoms with Crippen LogP contribution < -0.4 is 5.73 Å². The molecule has 0 aromatic carbocycles. The van der Waals surface area contributed by atoms with E-state index in [1.807, 2.05) is 5.57 Å². The molecule has 2 N–H and O–H groups in total. The van der Waals surface area contributed by atoms with Crippen molar-refractivity contribution in [2.45, 2.75) is 64.3 Å². The van der Waals surface area contributed by atoms with E-state index >= 15 is 0 Å². The van der Waals surface area contributed by atoms with E-state index in [1.165, 1.54) is 51.4 Å². The van der Waals surface area contributed by atoms with Gasteiger partial charge in [-0.3, -0.25) is 0 Å². The van der Waals surface area contributed by atoms with Crippen LogP contribution in [0, 0.1) is 5.92 Å². The van der Waals surface area contributed by atoms with Gasteiger partial charge in [-0.15, -0.1) is 0 Å². The van der Waals surface area contributed by atoms with Crippen molar-refractivity contribution in [2.75, 3.05) is 0 Å². The van der Waals surface area contributed by atoms with Gasteiger partial charge >= 0.3 is 0 Å². The van der Waals surface area contributed by atoms with Gasteiger partial charge < -0.3 is 5.73 Å². The molecule has 1 saturated carbocycles. The summed E-state index contributed by atoms with van der Waals surface area (Å²) in [5.41, 5.74) is 9.46. The van der Waals surface area contributed by atoms with Crippen LogP contribution in [0.25, 0.3) is 0 Å². The molecule has 0 unspecified atom stereocenters. The number of rotatable bonds is 1. The predicted octanol–water partition coefficient (Wildman–Crippen LogP) is 3.39. The molecule has 1 heteroatoms. The quantitative estimate of drug-likeness (QED) is 0.635. The van der Waals surface area contributed by atoms with Crippen LogP contribution in [0.2, 0.25) is 0 Å². The molecule has 1 nitrogen and oxygen atoms in total. The van der Waals surface area contributed by atoms with E-state index in [-0.39, 0.29) is 0 Å². The molecule has 0 aromatic heterocycles. The molecule has 0 atom stereocenters. The third-order valence-electron chi connectivity index (χ3n) is 4.06. The average molecular weight is 193 g/mol. The fraction of sp³-hybridized carbons (Fsp3) is 0.846. The molecule has 0 saturated heterocycles. The molecule has 0 amide bonds. The van der Waals surface area contributed by atoms with E-state index in [1.54, 1.807) is 5.57 Å². The second-order valence-electron chi connectivity index (χ2n) is 5.12. The Bertz CT molecular complexity index is 221. The van der Waals surface area contributed by atoms with Crippen molar-refractivity contribution >= 4 is 0 Å². The number of hydrogen-bond acceptors (Lipinski definition) is 1. The van der Waals surface area contributed by atoms with E-state index in [2.05, 4.69) is 6.92 Å². The van der Waals surface area contributed by atoms with Crippen molar-refractivity contribution in [3.63, 3.8) is 0 Å². The lowest BCUT2D eigenvalue weighted by Gasteiger charge is -2.31. The molecular weight excluding hydrogens is 170 g/mol. The summed E-state index contributed by atoms with van der Waals surface area (Å²) < 4.78 is 0. The minimum Gasteiger partial charge on any atom is -0.328 e. The van der Waals surface area contributed by atoms with Gasteiger partial charge in [-0.05, 0) is 64.2 Å². The van der Waals surface area contributed by atoms with Crippen LogP contribution in [-0.4, -0.2) is 6.04 Å². The predicted molar refractivity (Wildman–Crippen MR) is 61.1 cm³/mol.